The summed E-state index contributed by atoms with van der Waals surface area (Å²) in [5, 5.41) is 2.98. The van der Waals surface area contributed by atoms with Gasteiger partial charge in [0.05, 0.1) is 0 Å². The molecule has 1 aromatic heterocycles. The lowest BCUT2D eigenvalue weighted by molar-refractivity contribution is 0.102. The number of piperazine rings is 1. The maximum absolute atomic E-state index is 12.5. The molecule has 1 aliphatic heterocycles. The van der Waals surface area contributed by atoms with Crippen LogP contribution in [0.2, 0.25) is 0 Å². The Hall–Kier alpha value is -2.89. The molecule has 0 aliphatic carbocycles. The monoisotopic (exact) mass is 374 g/mol. The maximum Gasteiger partial charge on any atom is 0.255 e. The van der Waals surface area contributed by atoms with Gasteiger partial charge < -0.3 is 14.8 Å². The second-order valence-corrected chi connectivity index (χ2v) is 7.37. The van der Waals surface area contributed by atoms with E-state index in [2.05, 4.69) is 34.3 Å². The second kappa shape index (κ2) is 8.42. The van der Waals surface area contributed by atoms with E-state index in [9.17, 15) is 4.79 Å². The van der Waals surface area contributed by atoms with E-state index in [1.54, 1.807) is 0 Å². The van der Waals surface area contributed by atoms with Gasteiger partial charge in [-0.1, -0.05) is 12.1 Å². The lowest BCUT2D eigenvalue weighted by Gasteiger charge is -2.32. The molecule has 0 bridgehead atoms. The number of benzene rings is 2. The van der Waals surface area contributed by atoms with Crippen LogP contribution in [-0.2, 0) is 6.54 Å². The number of nitrogens with one attached hydrogen (secondary N) is 1. The van der Waals surface area contributed by atoms with Gasteiger partial charge in [-0.05, 0) is 61.1 Å². The van der Waals surface area contributed by atoms with Crippen LogP contribution in [0.3, 0.4) is 0 Å². The SMILES string of the molecule is CN1CCN(Cc2ccc(NC(=O)c3ccc(-n4cccc4)cc3)cc2)CC1. The molecule has 0 spiro atoms. The van der Waals surface area contributed by atoms with Gasteiger partial charge in [-0.15, -0.1) is 0 Å². The summed E-state index contributed by atoms with van der Waals surface area (Å²) in [5.41, 5.74) is 3.78. The van der Waals surface area contributed by atoms with Crippen molar-refractivity contribution in [2.45, 2.75) is 6.54 Å². The molecule has 1 saturated heterocycles. The molecule has 4 rings (SSSR count). The number of carbonyl (C=O) groups excluding carboxylic acids is 1. The van der Waals surface area contributed by atoms with Gasteiger partial charge in [0, 0.05) is 62.1 Å². The molecule has 5 nitrogen and oxygen atoms in total. The topological polar surface area (TPSA) is 40.5 Å². The predicted molar refractivity (Wildman–Crippen MR) is 113 cm³/mol. The van der Waals surface area contributed by atoms with Crippen LogP contribution in [0.15, 0.2) is 73.1 Å². The number of rotatable bonds is 5. The lowest BCUT2D eigenvalue weighted by atomic mass is 10.1. The van der Waals surface area contributed by atoms with Crippen LogP contribution < -0.4 is 5.32 Å². The molecule has 2 aromatic carbocycles. The van der Waals surface area contributed by atoms with Gasteiger partial charge in [0.2, 0.25) is 0 Å². The first kappa shape index (κ1) is 18.5. The largest absolute Gasteiger partial charge is 0.324 e. The summed E-state index contributed by atoms with van der Waals surface area (Å²) in [5.74, 6) is -0.0918. The van der Waals surface area contributed by atoms with E-state index >= 15 is 0 Å². The second-order valence-electron chi connectivity index (χ2n) is 7.37. The van der Waals surface area contributed by atoms with E-state index in [1.165, 1.54) is 5.56 Å². The highest BCUT2D eigenvalue weighted by Crippen LogP contribution is 2.15. The highest BCUT2D eigenvalue weighted by molar-refractivity contribution is 6.04. The van der Waals surface area contributed by atoms with Crippen LogP contribution >= 0.6 is 0 Å². The smallest absolute Gasteiger partial charge is 0.255 e. The Balaban J connectivity index is 1.34. The molecule has 0 unspecified atom stereocenters. The highest BCUT2D eigenvalue weighted by atomic mass is 16.1. The van der Waals surface area contributed by atoms with Gasteiger partial charge in [0.25, 0.3) is 5.91 Å². The number of carbonyl (C=O) groups is 1. The van der Waals surface area contributed by atoms with E-state index in [-0.39, 0.29) is 5.91 Å². The Kier molecular flexibility index (Phi) is 5.55. The normalized spacial score (nSPS) is 15.5. The van der Waals surface area contributed by atoms with Crippen LogP contribution in [0, 0.1) is 0 Å². The fraction of sp³-hybridized carbons (Fsp3) is 0.261. The number of anilines is 1. The van der Waals surface area contributed by atoms with E-state index in [1.807, 2.05) is 65.5 Å². The molecule has 0 saturated carbocycles. The highest BCUT2D eigenvalue weighted by Gasteiger charge is 2.14. The number of likely N-dealkylation sites (N-methyl/N-ethyl adjacent to an activating group) is 1. The standard InChI is InChI=1S/C23H26N4O/c1-25-14-16-26(17-15-25)18-19-4-8-21(9-5-19)24-23(28)20-6-10-22(11-7-20)27-12-2-3-13-27/h2-13H,14-18H2,1H3,(H,24,28). The molecular formula is C23H26N4O. The van der Waals surface area contributed by atoms with Gasteiger partial charge in [-0.2, -0.15) is 0 Å². The third-order valence-corrected chi connectivity index (χ3v) is 5.25. The predicted octanol–water partition coefficient (Wildman–Crippen LogP) is 3.48. The van der Waals surface area contributed by atoms with Crippen molar-refractivity contribution in [2.75, 3.05) is 38.5 Å². The van der Waals surface area contributed by atoms with Crippen molar-refractivity contribution in [1.29, 1.82) is 0 Å². The number of nitrogens with zero attached hydrogens (tertiary/aromatic N) is 3. The molecular weight excluding hydrogens is 348 g/mol. The molecule has 28 heavy (non-hydrogen) atoms. The Labute approximate surface area is 166 Å². The van der Waals surface area contributed by atoms with Gasteiger partial charge in [0.15, 0.2) is 0 Å². The summed E-state index contributed by atoms with van der Waals surface area (Å²) < 4.78 is 2.01. The zero-order chi connectivity index (χ0) is 19.3. The third kappa shape index (κ3) is 4.50. The van der Waals surface area contributed by atoms with E-state index in [0.717, 1.165) is 44.1 Å². The quantitative estimate of drug-likeness (QED) is 0.743. The lowest BCUT2D eigenvalue weighted by Crippen LogP contribution is -2.43. The first-order valence-electron chi connectivity index (χ1n) is 9.72. The summed E-state index contributed by atoms with van der Waals surface area (Å²) >= 11 is 0. The first-order chi connectivity index (χ1) is 13.7. The van der Waals surface area contributed by atoms with E-state index in [0.29, 0.717) is 5.56 Å². The molecule has 2 heterocycles. The zero-order valence-electron chi connectivity index (χ0n) is 16.2. The molecule has 1 N–H and O–H groups in total. The summed E-state index contributed by atoms with van der Waals surface area (Å²) in [4.78, 5) is 17.3. The molecule has 0 radical (unpaired) electrons. The minimum atomic E-state index is -0.0918. The fourth-order valence-electron chi connectivity index (χ4n) is 3.45. The summed E-state index contributed by atoms with van der Waals surface area (Å²) in [7, 11) is 2.17. The first-order valence-corrected chi connectivity index (χ1v) is 9.72. The van der Waals surface area contributed by atoms with Crippen molar-refractivity contribution < 1.29 is 4.79 Å². The Morgan fingerprint density at radius 2 is 1.54 bits per heavy atom. The van der Waals surface area contributed by atoms with Gasteiger partial charge in [-0.3, -0.25) is 9.69 Å². The molecule has 1 aliphatic rings. The van der Waals surface area contributed by atoms with Crippen molar-refractivity contribution in [3.05, 3.63) is 84.2 Å². The fourth-order valence-corrected chi connectivity index (χ4v) is 3.45. The van der Waals surface area contributed by atoms with Gasteiger partial charge in [-0.25, -0.2) is 0 Å². The number of amides is 1. The van der Waals surface area contributed by atoms with Crippen LogP contribution in [-0.4, -0.2) is 53.5 Å². The van der Waals surface area contributed by atoms with Crippen molar-refractivity contribution >= 4 is 11.6 Å². The summed E-state index contributed by atoms with van der Waals surface area (Å²) in [6.07, 6.45) is 3.97. The Morgan fingerprint density at radius 3 is 2.18 bits per heavy atom. The van der Waals surface area contributed by atoms with Crippen molar-refractivity contribution in [3.8, 4) is 5.69 Å². The molecule has 1 fully saturated rings. The summed E-state index contributed by atoms with van der Waals surface area (Å²) in [6.45, 7) is 5.42. The molecule has 3 aromatic rings. The molecule has 0 atom stereocenters. The average Bonchev–Trinajstić information content (AvgIpc) is 3.26. The minimum Gasteiger partial charge on any atom is -0.324 e. The third-order valence-electron chi connectivity index (χ3n) is 5.25. The Morgan fingerprint density at radius 1 is 0.893 bits per heavy atom. The van der Waals surface area contributed by atoms with Crippen molar-refractivity contribution in [3.63, 3.8) is 0 Å². The van der Waals surface area contributed by atoms with Crippen molar-refractivity contribution in [1.82, 2.24) is 14.4 Å². The van der Waals surface area contributed by atoms with Crippen LogP contribution in [0.25, 0.3) is 5.69 Å². The molecule has 144 valence electrons. The molecule has 5 heteroatoms. The number of aromatic nitrogens is 1. The van der Waals surface area contributed by atoms with E-state index in [4.69, 9.17) is 0 Å². The van der Waals surface area contributed by atoms with E-state index < -0.39 is 0 Å². The zero-order valence-corrected chi connectivity index (χ0v) is 16.2. The van der Waals surface area contributed by atoms with Crippen LogP contribution in [0.1, 0.15) is 15.9 Å². The Bertz CT molecular complexity index is 893. The summed E-state index contributed by atoms with van der Waals surface area (Å²) in [6, 6.07) is 19.7. The van der Waals surface area contributed by atoms with Gasteiger partial charge in [0.1, 0.15) is 0 Å². The minimum absolute atomic E-state index is 0.0918. The number of hydrogen-bond donors (Lipinski definition) is 1. The average molecular weight is 374 g/mol. The van der Waals surface area contributed by atoms with Gasteiger partial charge >= 0.3 is 0 Å². The van der Waals surface area contributed by atoms with Crippen LogP contribution in [0.5, 0.6) is 0 Å². The maximum atomic E-state index is 12.5. The number of hydrogen-bond acceptors (Lipinski definition) is 3. The molecule has 1 amide bonds. The van der Waals surface area contributed by atoms with Crippen LogP contribution in [0.4, 0.5) is 5.69 Å². The van der Waals surface area contributed by atoms with Crippen molar-refractivity contribution in [2.24, 2.45) is 0 Å².